The topological polar surface area (TPSA) is 56.0 Å². The Bertz CT molecular complexity index is 1180. The summed E-state index contributed by atoms with van der Waals surface area (Å²) in [6.07, 6.45) is 0.681. The predicted octanol–water partition coefficient (Wildman–Crippen LogP) is 3.99. The molecule has 3 aromatic heterocycles. The monoisotopic (exact) mass is 343 g/mol. The molecule has 0 saturated heterocycles. The Morgan fingerprint density at radius 2 is 1.84 bits per heavy atom. The van der Waals surface area contributed by atoms with Gasteiger partial charge in [0, 0.05) is 12.0 Å². The lowest BCUT2D eigenvalue weighted by Gasteiger charge is -2.03. The number of nitrogens with zero attached hydrogens (tertiary/aromatic N) is 5. The number of aromatic nitrogens is 5. The smallest absolute Gasteiger partial charge is 0.177 e. The first-order chi connectivity index (χ1) is 12.4. The maximum atomic E-state index is 4.74. The van der Waals surface area contributed by atoms with E-state index < -0.39 is 0 Å². The second-order valence-electron chi connectivity index (χ2n) is 5.80. The second kappa shape index (κ2) is 5.75. The summed E-state index contributed by atoms with van der Waals surface area (Å²) in [4.78, 5) is 4.32. The van der Waals surface area contributed by atoms with Crippen molar-refractivity contribution in [3.8, 4) is 11.3 Å². The van der Waals surface area contributed by atoms with Crippen molar-refractivity contribution < 1.29 is 0 Å². The van der Waals surface area contributed by atoms with Crippen LogP contribution < -0.4 is 0 Å². The van der Waals surface area contributed by atoms with Crippen molar-refractivity contribution in [2.45, 2.75) is 6.42 Å². The average Bonchev–Trinajstić information content (AvgIpc) is 3.29. The molecule has 6 heteroatoms. The van der Waals surface area contributed by atoms with Gasteiger partial charge in [-0.3, -0.25) is 0 Å². The van der Waals surface area contributed by atoms with Gasteiger partial charge in [-0.15, -0.1) is 21.5 Å². The zero-order valence-electron chi connectivity index (χ0n) is 13.2. The first-order valence-corrected chi connectivity index (χ1v) is 8.84. The number of benzene rings is 2. The van der Waals surface area contributed by atoms with Crippen molar-refractivity contribution in [1.82, 2.24) is 24.8 Å². The normalized spacial score (nSPS) is 11.4. The van der Waals surface area contributed by atoms with E-state index in [2.05, 4.69) is 39.4 Å². The van der Waals surface area contributed by atoms with Crippen LogP contribution in [0.3, 0.4) is 0 Å². The van der Waals surface area contributed by atoms with Gasteiger partial charge in [-0.05, 0) is 29.8 Å². The van der Waals surface area contributed by atoms with Crippen molar-refractivity contribution in [2.24, 2.45) is 0 Å². The second-order valence-corrected chi connectivity index (χ2v) is 6.69. The Morgan fingerprint density at radius 3 is 2.76 bits per heavy atom. The average molecular weight is 343 g/mol. The molecular weight excluding hydrogens is 330 g/mol. The summed E-state index contributed by atoms with van der Waals surface area (Å²) in [7, 11) is 0. The van der Waals surface area contributed by atoms with E-state index in [0.717, 1.165) is 28.2 Å². The van der Waals surface area contributed by atoms with E-state index in [1.165, 1.54) is 10.3 Å². The largest absolute Gasteiger partial charge is 0.245 e. The molecule has 3 heterocycles. The Kier molecular flexibility index (Phi) is 3.28. The van der Waals surface area contributed by atoms with E-state index >= 15 is 0 Å². The van der Waals surface area contributed by atoms with E-state index in [1.54, 1.807) is 11.3 Å². The highest BCUT2D eigenvalue weighted by molar-refractivity contribution is 7.16. The minimum absolute atomic E-state index is 0.681. The molecule has 0 aliphatic heterocycles. The highest BCUT2D eigenvalue weighted by Crippen LogP contribution is 2.21. The van der Waals surface area contributed by atoms with Gasteiger partial charge in [0.2, 0.25) is 0 Å². The van der Waals surface area contributed by atoms with E-state index in [4.69, 9.17) is 5.10 Å². The maximum Gasteiger partial charge on any atom is 0.177 e. The quantitative estimate of drug-likeness (QED) is 0.497. The lowest BCUT2D eigenvalue weighted by molar-refractivity contribution is 0.842. The summed E-state index contributed by atoms with van der Waals surface area (Å²) in [5, 5.41) is 13.3. The molecule has 5 rings (SSSR count). The number of hydrogen-bond donors (Lipinski definition) is 0. The zero-order valence-corrected chi connectivity index (χ0v) is 14.0. The first kappa shape index (κ1) is 14.2. The van der Waals surface area contributed by atoms with E-state index in [0.29, 0.717) is 6.42 Å². The molecule has 0 radical (unpaired) electrons. The van der Waals surface area contributed by atoms with Gasteiger partial charge in [-0.2, -0.15) is 9.61 Å². The third-order valence-corrected chi connectivity index (χ3v) is 4.95. The Balaban J connectivity index is 1.56. The fourth-order valence-corrected chi connectivity index (χ4v) is 3.64. The Morgan fingerprint density at radius 1 is 0.920 bits per heavy atom. The van der Waals surface area contributed by atoms with Crippen molar-refractivity contribution in [1.29, 1.82) is 0 Å². The molecule has 120 valence electrons. The van der Waals surface area contributed by atoms with Crippen LogP contribution in [-0.4, -0.2) is 24.8 Å². The van der Waals surface area contributed by atoms with Gasteiger partial charge in [-0.1, -0.05) is 36.4 Å². The van der Waals surface area contributed by atoms with Crippen molar-refractivity contribution in [2.75, 3.05) is 0 Å². The molecule has 0 amide bonds. The van der Waals surface area contributed by atoms with Crippen LogP contribution in [0.25, 0.3) is 27.1 Å². The van der Waals surface area contributed by atoms with Gasteiger partial charge in [0.25, 0.3) is 0 Å². The molecule has 0 atom stereocenters. The van der Waals surface area contributed by atoms with Gasteiger partial charge >= 0.3 is 0 Å². The third-order valence-electron chi connectivity index (χ3n) is 4.15. The highest BCUT2D eigenvalue weighted by atomic mass is 32.1. The molecule has 0 unspecified atom stereocenters. The maximum absolute atomic E-state index is 4.74. The molecule has 2 aromatic carbocycles. The van der Waals surface area contributed by atoms with E-state index in [-0.39, 0.29) is 0 Å². The van der Waals surface area contributed by atoms with Crippen LogP contribution in [0, 0.1) is 0 Å². The Labute approximate surface area is 147 Å². The molecule has 0 aliphatic carbocycles. The minimum atomic E-state index is 0.681. The van der Waals surface area contributed by atoms with Crippen molar-refractivity contribution >= 4 is 27.2 Å². The van der Waals surface area contributed by atoms with Crippen LogP contribution in [0.5, 0.6) is 0 Å². The van der Waals surface area contributed by atoms with Crippen LogP contribution in [0.2, 0.25) is 0 Å². The SMILES string of the molecule is c1ccc(-c2ccc3nnc(Cc4ccc5ncsc5c4)n3n2)cc1. The van der Waals surface area contributed by atoms with E-state index in [1.807, 2.05) is 46.4 Å². The zero-order chi connectivity index (χ0) is 16.6. The standard InChI is InChI=1S/C19H13N5S/c1-2-4-14(5-3-1)15-8-9-18-21-22-19(24(18)23-15)11-13-6-7-16-17(10-13)25-12-20-16/h1-10,12H,11H2. The minimum Gasteiger partial charge on any atom is -0.245 e. The molecule has 5 aromatic rings. The summed E-state index contributed by atoms with van der Waals surface area (Å²) in [6, 6.07) is 20.4. The first-order valence-electron chi connectivity index (χ1n) is 7.96. The van der Waals surface area contributed by atoms with Gasteiger partial charge in [-0.25, -0.2) is 4.98 Å². The summed E-state index contributed by atoms with van der Waals surface area (Å²) in [5.74, 6) is 0.830. The molecule has 0 bridgehead atoms. The molecule has 0 N–H and O–H groups in total. The molecule has 0 fully saturated rings. The molecule has 0 aliphatic rings. The number of thiazole rings is 1. The fourth-order valence-electron chi connectivity index (χ4n) is 2.90. The lowest BCUT2D eigenvalue weighted by atomic mass is 10.1. The highest BCUT2D eigenvalue weighted by Gasteiger charge is 2.10. The lowest BCUT2D eigenvalue weighted by Crippen LogP contribution is -2.01. The molecule has 25 heavy (non-hydrogen) atoms. The molecule has 0 saturated carbocycles. The number of hydrogen-bond acceptors (Lipinski definition) is 5. The van der Waals surface area contributed by atoms with Gasteiger partial charge in [0.15, 0.2) is 11.5 Å². The van der Waals surface area contributed by atoms with Crippen LogP contribution in [0.1, 0.15) is 11.4 Å². The predicted molar refractivity (Wildman–Crippen MR) is 98.6 cm³/mol. The van der Waals surface area contributed by atoms with Crippen molar-refractivity contribution in [3.05, 3.63) is 77.6 Å². The summed E-state index contributed by atoms with van der Waals surface area (Å²) < 4.78 is 3.02. The van der Waals surface area contributed by atoms with Crippen LogP contribution in [0.4, 0.5) is 0 Å². The summed E-state index contributed by atoms with van der Waals surface area (Å²) >= 11 is 1.65. The van der Waals surface area contributed by atoms with Crippen LogP contribution >= 0.6 is 11.3 Å². The van der Waals surface area contributed by atoms with Crippen LogP contribution in [0.15, 0.2) is 66.2 Å². The fraction of sp³-hybridized carbons (Fsp3) is 0.0526. The third kappa shape index (κ3) is 2.56. The van der Waals surface area contributed by atoms with E-state index in [9.17, 15) is 0 Å². The van der Waals surface area contributed by atoms with Gasteiger partial charge < -0.3 is 0 Å². The summed E-state index contributed by atoms with van der Waals surface area (Å²) in [6.45, 7) is 0. The number of rotatable bonds is 3. The van der Waals surface area contributed by atoms with Crippen LogP contribution in [-0.2, 0) is 6.42 Å². The number of fused-ring (bicyclic) bond motifs is 2. The van der Waals surface area contributed by atoms with Gasteiger partial charge in [0.1, 0.15) is 0 Å². The molecule has 0 spiro atoms. The van der Waals surface area contributed by atoms with Gasteiger partial charge in [0.05, 0.1) is 21.4 Å². The van der Waals surface area contributed by atoms with Crippen molar-refractivity contribution in [3.63, 3.8) is 0 Å². The molecule has 5 nitrogen and oxygen atoms in total. The summed E-state index contributed by atoms with van der Waals surface area (Å²) in [5.41, 5.74) is 6.83. The molecular formula is C19H13N5S. The Hall–Kier alpha value is -3.12.